The number of hydrogen-bond acceptors (Lipinski definition) is 1. The van der Waals surface area contributed by atoms with Crippen LogP contribution in [0.25, 0.3) is 0 Å². The van der Waals surface area contributed by atoms with Gasteiger partial charge in [-0.25, -0.2) is 0 Å². The molecule has 0 saturated carbocycles. The highest BCUT2D eigenvalue weighted by atomic mass is 127. The van der Waals surface area contributed by atoms with E-state index in [9.17, 15) is 0 Å². The van der Waals surface area contributed by atoms with Crippen molar-refractivity contribution in [3.8, 4) is 0 Å². The van der Waals surface area contributed by atoms with Crippen LogP contribution in [0.3, 0.4) is 0 Å². The van der Waals surface area contributed by atoms with Gasteiger partial charge in [0.1, 0.15) is 0 Å². The van der Waals surface area contributed by atoms with Crippen LogP contribution >= 0.6 is 38.5 Å². The molecule has 9 heavy (non-hydrogen) atoms. The molecule has 0 amide bonds. The molecular formula is C6H5BrIN. The maximum Gasteiger partial charge on any atom is 0.0410 e. The van der Waals surface area contributed by atoms with Gasteiger partial charge in [-0.05, 0) is 27.6 Å². The van der Waals surface area contributed by atoms with Gasteiger partial charge >= 0.3 is 0 Å². The molecule has 0 aliphatic heterocycles. The van der Waals surface area contributed by atoms with Crippen LogP contribution in [-0.4, -0.2) is 4.98 Å². The molecule has 1 rings (SSSR count). The Morgan fingerprint density at radius 2 is 2.33 bits per heavy atom. The van der Waals surface area contributed by atoms with E-state index in [0.717, 1.165) is 8.90 Å². The van der Waals surface area contributed by atoms with E-state index in [1.807, 2.05) is 6.20 Å². The highest BCUT2D eigenvalue weighted by Crippen LogP contribution is 2.11. The summed E-state index contributed by atoms with van der Waals surface area (Å²) < 4.78 is 2.07. The summed E-state index contributed by atoms with van der Waals surface area (Å²) in [5.41, 5.74) is 1.25. The molecule has 1 heterocycles. The highest BCUT2D eigenvalue weighted by molar-refractivity contribution is 14.1. The average Bonchev–Trinajstić information content (AvgIpc) is 1.88. The molecule has 48 valence electrons. The van der Waals surface area contributed by atoms with E-state index < -0.39 is 0 Å². The SMILES string of the molecule is Brc1cncc(CI)c1. The van der Waals surface area contributed by atoms with Crippen molar-refractivity contribution in [2.24, 2.45) is 0 Å². The second kappa shape index (κ2) is 3.51. The molecule has 1 aromatic rings. The predicted octanol–water partition coefficient (Wildman–Crippen LogP) is 2.78. The molecule has 0 spiro atoms. The van der Waals surface area contributed by atoms with Gasteiger partial charge < -0.3 is 0 Å². The van der Waals surface area contributed by atoms with E-state index in [1.54, 1.807) is 6.20 Å². The minimum absolute atomic E-state index is 1.02. The summed E-state index contributed by atoms with van der Waals surface area (Å²) in [5.74, 6) is 0. The van der Waals surface area contributed by atoms with Crippen molar-refractivity contribution in [1.82, 2.24) is 4.98 Å². The minimum Gasteiger partial charge on any atom is -0.263 e. The van der Waals surface area contributed by atoms with Crippen molar-refractivity contribution in [2.75, 3.05) is 0 Å². The third-order valence-electron chi connectivity index (χ3n) is 0.916. The van der Waals surface area contributed by atoms with Crippen LogP contribution in [-0.2, 0) is 4.43 Å². The third-order valence-corrected chi connectivity index (χ3v) is 2.23. The molecule has 0 radical (unpaired) electrons. The molecule has 0 saturated heterocycles. The second-order valence-electron chi connectivity index (χ2n) is 1.65. The number of hydrogen-bond donors (Lipinski definition) is 0. The molecule has 0 aliphatic carbocycles. The van der Waals surface area contributed by atoms with Gasteiger partial charge in [-0.2, -0.15) is 0 Å². The fourth-order valence-electron chi connectivity index (χ4n) is 0.529. The molecule has 0 unspecified atom stereocenters. The van der Waals surface area contributed by atoms with E-state index in [2.05, 4.69) is 49.6 Å². The zero-order valence-corrected chi connectivity index (χ0v) is 8.39. The highest BCUT2D eigenvalue weighted by Gasteiger charge is 1.89. The lowest BCUT2D eigenvalue weighted by molar-refractivity contribution is 1.25. The smallest absolute Gasteiger partial charge is 0.0410 e. The van der Waals surface area contributed by atoms with Gasteiger partial charge in [-0.1, -0.05) is 22.6 Å². The number of alkyl halides is 1. The molecular weight excluding hydrogens is 293 g/mol. The quantitative estimate of drug-likeness (QED) is 0.574. The Morgan fingerprint density at radius 1 is 1.56 bits per heavy atom. The van der Waals surface area contributed by atoms with Gasteiger partial charge in [0.25, 0.3) is 0 Å². The Labute approximate surface area is 76.1 Å². The van der Waals surface area contributed by atoms with Gasteiger partial charge in [0.2, 0.25) is 0 Å². The molecule has 1 nitrogen and oxygen atoms in total. The lowest BCUT2D eigenvalue weighted by atomic mass is 10.3. The predicted molar refractivity (Wildman–Crippen MR) is 49.7 cm³/mol. The Bertz CT molecular complexity index is 202. The lowest BCUT2D eigenvalue weighted by Gasteiger charge is -1.92. The zero-order chi connectivity index (χ0) is 6.69. The van der Waals surface area contributed by atoms with Gasteiger partial charge in [-0.3, -0.25) is 4.98 Å². The lowest BCUT2D eigenvalue weighted by Crippen LogP contribution is -1.78. The first kappa shape index (κ1) is 7.47. The van der Waals surface area contributed by atoms with Crippen LogP contribution in [0.15, 0.2) is 22.9 Å². The summed E-state index contributed by atoms with van der Waals surface area (Å²) >= 11 is 5.65. The van der Waals surface area contributed by atoms with Crippen LogP contribution in [0.2, 0.25) is 0 Å². The van der Waals surface area contributed by atoms with E-state index in [-0.39, 0.29) is 0 Å². The molecule has 0 atom stereocenters. The van der Waals surface area contributed by atoms with E-state index in [1.165, 1.54) is 5.56 Å². The minimum atomic E-state index is 1.02. The first-order valence-corrected chi connectivity index (χ1v) is 4.80. The number of aromatic nitrogens is 1. The molecule has 1 aromatic heterocycles. The van der Waals surface area contributed by atoms with Gasteiger partial charge in [0.05, 0.1) is 0 Å². The Morgan fingerprint density at radius 3 is 2.78 bits per heavy atom. The molecule has 0 bridgehead atoms. The average molecular weight is 298 g/mol. The van der Waals surface area contributed by atoms with Crippen molar-refractivity contribution in [3.63, 3.8) is 0 Å². The largest absolute Gasteiger partial charge is 0.263 e. The van der Waals surface area contributed by atoms with Crippen molar-refractivity contribution >= 4 is 38.5 Å². The second-order valence-corrected chi connectivity index (χ2v) is 3.32. The standard InChI is InChI=1S/C6H5BrIN/c7-6-1-5(2-8)3-9-4-6/h1,3-4H,2H2. The maximum atomic E-state index is 4.00. The fourth-order valence-corrected chi connectivity index (χ4v) is 1.36. The Balaban J connectivity index is 2.94. The molecule has 0 aliphatic rings. The normalized spacial score (nSPS) is 9.56. The van der Waals surface area contributed by atoms with Crippen LogP contribution in [0.1, 0.15) is 5.56 Å². The summed E-state index contributed by atoms with van der Waals surface area (Å²) in [5, 5.41) is 0. The zero-order valence-electron chi connectivity index (χ0n) is 4.64. The van der Waals surface area contributed by atoms with Crippen LogP contribution < -0.4 is 0 Å². The van der Waals surface area contributed by atoms with E-state index in [0.29, 0.717) is 0 Å². The van der Waals surface area contributed by atoms with Gasteiger partial charge in [0.15, 0.2) is 0 Å². The summed E-state index contributed by atoms with van der Waals surface area (Å²) in [6, 6.07) is 2.07. The Hall–Kier alpha value is 0.360. The van der Waals surface area contributed by atoms with Crippen molar-refractivity contribution in [1.29, 1.82) is 0 Å². The van der Waals surface area contributed by atoms with Crippen LogP contribution in [0, 0.1) is 0 Å². The van der Waals surface area contributed by atoms with Gasteiger partial charge in [-0.15, -0.1) is 0 Å². The van der Waals surface area contributed by atoms with E-state index in [4.69, 9.17) is 0 Å². The monoisotopic (exact) mass is 297 g/mol. The summed E-state index contributed by atoms with van der Waals surface area (Å²) in [6.45, 7) is 0. The topological polar surface area (TPSA) is 12.9 Å². The fraction of sp³-hybridized carbons (Fsp3) is 0.167. The van der Waals surface area contributed by atoms with Gasteiger partial charge in [0, 0.05) is 21.3 Å². The number of nitrogens with zero attached hydrogens (tertiary/aromatic N) is 1. The number of rotatable bonds is 1. The van der Waals surface area contributed by atoms with Crippen molar-refractivity contribution in [3.05, 3.63) is 28.5 Å². The van der Waals surface area contributed by atoms with Crippen LogP contribution in [0.4, 0.5) is 0 Å². The summed E-state index contributed by atoms with van der Waals surface area (Å²) in [4.78, 5) is 4.00. The molecule has 0 N–H and O–H groups in total. The molecule has 0 aromatic carbocycles. The summed E-state index contributed by atoms with van der Waals surface area (Å²) in [6.07, 6.45) is 3.66. The van der Waals surface area contributed by atoms with E-state index >= 15 is 0 Å². The van der Waals surface area contributed by atoms with Crippen LogP contribution in [0.5, 0.6) is 0 Å². The first-order valence-electron chi connectivity index (χ1n) is 2.48. The molecule has 0 fully saturated rings. The van der Waals surface area contributed by atoms with Crippen molar-refractivity contribution in [2.45, 2.75) is 4.43 Å². The number of halogens is 2. The maximum absolute atomic E-state index is 4.00. The third kappa shape index (κ3) is 2.21. The summed E-state index contributed by atoms with van der Waals surface area (Å²) in [7, 11) is 0. The van der Waals surface area contributed by atoms with Crippen molar-refractivity contribution < 1.29 is 0 Å². The number of pyridine rings is 1. The molecule has 3 heteroatoms. The first-order chi connectivity index (χ1) is 4.33. The Kier molecular flexibility index (Phi) is 2.91.